The van der Waals surface area contributed by atoms with Crippen molar-refractivity contribution in [2.45, 2.75) is 89.1 Å². The zero-order valence-electron chi connectivity index (χ0n) is 13.4. The third kappa shape index (κ3) is 4.70. The highest BCUT2D eigenvalue weighted by atomic mass is 16.1. The van der Waals surface area contributed by atoms with E-state index in [9.17, 15) is 4.79 Å². The van der Waals surface area contributed by atoms with Gasteiger partial charge in [0, 0.05) is 25.0 Å². The van der Waals surface area contributed by atoms with E-state index in [1.165, 1.54) is 70.6 Å². The summed E-state index contributed by atoms with van der Waals surface area (Å²) in [6.07, 6.45) is 15.5. The second-order valence-electron chi connectivity index (χ2n) is 7.68. The fraction of sp³-hybridized carbons (Fsp3) is 0.944. The molecule has 1 aliphatic carbocycles. The van der Waals surface area contributed by atoms with Gasteiger partial charge in [-0.1, -0.05) is 38.5 Å². The lowest BCUT2D eigenvalue weighted by Crippen LogP contribution is -2.39. The fourth-order valence-corrected chi connectivity index (χ4v) is 4.76. The van der Waals surface area contributed by atoms with E-state index >= 15 is 0 Å². The molecule has 0 aromatic carbocycles. The molecule has 21 heavy (non-hydrogen) atoms. The average molecular weight is 292 g/mol. The average Bonchev–Trinajstić information content (AvgIpc) is 3.08. The molecule has 3 rings (SSSR count). The van der Waals surface area contributed by atoms with Gasteiger partial charge in [-0.2, -0.15) is 0 Å². The number of piperidine rings is 1. The van der Waals surface area contributed by atoms with Gasteiger partial charge >= 0.3 is 0 Å². The normalized spacial score (nSPS) is 32.5. The Hall–Kier alpha value is -0.570. The number of fused-ring (bicyclic) bond motifs is 2. The summed E-state index contributed by atoms with van der Waals surface area (Å²) < 4.78 is 0. The Morgan fingerprint density at radius 2 is 1.67 bits per heavy atom. The second kappa shape index (κ2) is 7.62. The quantitative estimate of drug-likeness (QED) is 0.706. The Bertz CT molecular complexity index is 326. The smallest absolute Gasteiger partial charge is 0.220 e. The van der Waals surface area contributed by atoms with Crippen molar-refractivity contribution in [3.63, 3.8) is 0 Å². The number of unbranched alkanes of at least 4 members (excludes halogenated alkanes) is 1. The SMILES string of the molecule is O=C(CC1CC2CCC(C1)N2)NCCCCC1CCCC1. The zero-order chi connectivity index (χ0) is 14.5. The van der Waals surface area contributed by atoms with Crippen LogP contribution in [0.1, 0.15) is 77.0 Å². The predicted octanol–water partition coefficient (Wildman–Crippen LogP) is 3.38. The van der Waals surface area contributed by atoms with Crippen LogP contribution in [-0.2, 0) is 4.79 Å². The van der Waals surface area contributed by atoms with Gasteiger partial charge < -0.3 is 10.6 Å². The van der Waals surface area contributed by atoms with Gasteiger partial charge in [-0.3, -0.25) is 4.79 Å². The van der Waals surface area contributed by atoms with Crippen molar-refractivity contribution in [1.29, 1.82) is 0 Å². The van der Waals surface area contributed by atoms with Gasteiger partial charge in [-0.05, 0) is 43.9 Å². The van der Waals surface area contributed by atoms with Gasteiger partial charge in [-0.25, -0.2) is 0 Å². The largest absolute Gasteiger partial charge is 0.356 e. The number of carbonyl (C=O) groups excluding carboxylic acids is 1. The van der Waals surface area contributed by atoms with Crippen LogP contribution in [0.4, 0.5) is 0 Å². The molecule has 2 atom stereocenters. The first-order chi connectivity index (χ1) is 10.3. The number of nitrogens with one attached hydrogen (secondary N) is 2. The Morgan fingerprint density at radius 1 is 0.952 bits per heavy atom. The van der Waals surface area contributed by atoms with Crippen LogP contribution in [0.5, 0.6) is 0 Å². The summed E-state index contributed by atoms with van der Waals surface area (Å²) in [6.45, 7) is 0.892. The van der Waals surface area contributed by atoms with Crippen molar-refractivity contribution >= 4 is 5.91 Å². The van der Waals surface area contributed by atoms with Crippen LogP contribution >= 0.6 is 0 Å². The summed E-state index contributed by atoms with van der Waals surface area (Å²) in [7, 11) is 0. The molecule has 2 unspecified atom stereocenters. The Morgan fingerprint density at radius 3 is 2.38 bits per heavy atom. The molecule has 1 saturated carbocycles. The van der Waals surface area contributed by atoms with E-state index in [4.69, 9.17) is 0 Å². The maximum Gasteiger partial charge on any atom is 0.220 e. The van der Waals surface area contributed by atoms with Gasteiger partial charge in [0.05, 0.1) is 0 Å². The van der Waals surface area contributed by atoms with Gasteiger partial charge in [0.2, 0.25) is 5.91 Å². The van der Waals surface area contributed by atoms with Crippen molar-refractivity contribution in [3.8, 4) is 0 Å². The molecule has 3 nitrogen and oxygen atoms in total. The number of carbonyl (C=O) groups is 1. The molecule has 2 bridgehead atoms. The number of hydrogen-bond donors (Lipinski definition) is 2. The summed E-state index contributed by atoms with van der Waals surface area (Å²) in [5.74, 6) is 1.91. The Balaban J connectivity index is 1.23. The lowest BCUT2D eigenvalue weighted by molar-refractivity contribution is -0.122. The van der Waals surface area contributed by atoms with E-state index in [1.807, 2.05) is 0 Å². The second-order valence-corrected chi connectivity index (χ2v) is 7.68. The van der Waals surface area contributed by atoms with Crippen molar-refractivity contribution < 1.29 is 4.79 Å². The Kier molecular flexibility index (Phi) is 5.56. The molecule has 1 amide bonds. The fourth-order valence-electron chi connectivity index (χ4n) is 4.76. The number of amides is 1. The summed E-state index contributed by atoms with van der Waals surface area (Å²) in [6, 6.07) is 1.40. The molecular weight excluding hydrogens is 260 g/mol. The molecule has 2 N–H and O–H groups in total. The highest BCUT2D eigenvalue weighted by molar-refractivity contribution is 5.76. The van der Waals surface area contributed by atoms with Crippen LogP contribution in [0.2, 0.25) is 0 Å². The van der Waals surface area contributed by atoms with Crippen LogP contribution in [0.25, 0.3) is 0 Å². The first-order valence-electron chi connectivity index (χ1n) is 9.32. The molecule has 0 radical (unpaired) electrons. The van der Waals surface area contributed by atoms with Crippen molar-refractivity contribution in [2.24, 2.45) is 11.8 Å². The van der Waals surface area contributed by atoms with Crippen LogP contribution in [0, 0.1) is 11.8 Å². The summed E-state index contributed by atoms with van der Waals surface area (Å²) in [4.78, 5) is 12.0. The minimum Gasteiger partial charge on any atom is -0.356 e. The van der Waals surface area contributed by atoms with E-state index in [2.05, 4.69) is 10.6 Å². The van der Waals surface area contributed by atoms with Crippen LogP contribution < -0.4 is 10.6 Å². The topological polar surface area (TPSA) is 41.1 Å². The monoisotopic (exact) mass is 292 g/mol. The van der Waals surface area contributed by atoms with Crippen LogP contribution in [0.15, 0.2) is 0 Å². The maximum atomic E-state index is 12.0. The zero-order valence-corrected chi connectivity index (χ0v) is 13.4. The molecule has 120 valence electrons. The molecule has 2 saturated heterocycles. The highest BCUT2D eigenvalue weighted by Crippen LogP contribution is 2.32. The molecule has 0 spiro atoms. The summed E-state index contributed by atoms with van der Waals surface area (Å²) >= 11 is 0. The van der Waals surface area contributed by atoms with E-state index in [0.29, 0.717) is 23.9 Å². The molecule has 3 heteroatoms. The van der Waals surface area contributed by atoms with Gasteiger partial charge in [-0.15, -0.1) is 0 Å². The van der Waals surface area contributed by atoms with Crippen LogP contribution in [-0.4, -0.2) is 24.5 Å². The highest BCUT2D eigenvalue weighted by Gasteiger charge is 2.34. The number of rotatable bonds is 7. The minimum absolute atomic E-state index is 0.294. The molecule has 0 aromatic heterocycles. The minimum atomic E-state index is 0.294. The first-order valence-corrected chi connectivity index (χ1v) is 9.32. The molecular formula is C18H32N2O. The molecule has 2 heterocycles. The van der Waals surface area contributed by atoms with E-state index in [1.54, 1.807) is 0 Å². The molecule has 0 aromatic rings. The Labute approximate surface area is 129 Å². The van der Waals surface area contributed by atoms with Gasteiger partial charge in [0.1, 0.15) is 0 Å². The molecule has 3 aliphatic rings. The maximum absolute atomic E-state index is 12.0. The van der Waals surface area contributed by atoms with E-state index in [0.717, 1.165) is 18.9 Å². The van der Waals surface area contributed by atoms with Crippen molar-refractivity contribution in [2.75, 3.05) is 6.54 Å². The van der Waals surface area contributed by atoms with E-state index in [-0.39, 0.29) is 0 Å². The third-order valence-corrected chi connectivity index (χ3v) is 5.88. The summed E-state index contributed by atoms with van der Waals surface area (Å²) in [5.41, 5.74) is 0. The van der Waals surface area contributed by atoms with Gasteiger partial charge in [0.15, 0.2) is 0 Å². The lowest BCUT2D eigenvalue weighted by Gasteiger charge is -2.28. The van der Waals surface area contributed by atoms with Gasteiger partial charge in [0.25, 0.3) is 0 Å². The summed E-state index contributed by atoms with van der Waals surface area (Å²) in [5, 5.41) is 6.79. The first kappa shape index (κ1) is 15.3. The van der Waals surface area contributed by atoms with Crippen LogP contribution in [0.3, 0.4) is 0 Å². The van der Waals surface area contributed by atoms with Crippen molar-refractivity contribution in [3.05, 3.63) is 0 Å². The number of hydrogen-bond acceptors (Lipinski definition) is 2. The van der Waals surface area contributed by atoms with E-state index < -0.39 is 0 Å². The third-order valence-electron chi connectivity index (χ3n) is 5.88. The molecule has 3 fully saturated rings. The predicted molar refractivity (Wildman–Crippen MR) is 86.1 cm³/mol. The van der Waals surface area contributed by atoms with Crippen molar-refractivity contribution in [1.82, 2.24) is 10.6 Å². The standard InChI is InChI=1S/C18H32N2O/c21-18(13-15-11-16-8-9-17(12-15)20-16)19-10-4-3-7-14-5-1-2-6-14/h14-17,20H,1-13H2,(H,19,21). The lowest BCUT2D eigenvalue weighted by atomic mass is 9.89. The molecule has 2 aliphatic heterocycles.